The molecule has 1 saturated heterocycles. The van der Waals surface area contributed by atoms with Gasteiger partial charge in [-0.2, -0.15) is 11.8 Å². The third-order valence-corrected chi connectivity index (χ3v) is 4.44. The van der Waals surface area contributed by atoms with Crippen molar-refractivity contribution in [3.8, 4) is 0 Å². The molecule has 0 saturated carbocycles. The van der Waals surface area contributed by atoms with Gasteiger partial charge in [-0.15, -0.1) is 0 Å². The van der Waals surface area contributed by atoms with Crippen LogP contribution in [0.15, 0.2) is 0 Å². The highest BCUT2D eigenvalue weighted by molar-refractivity contribution is 7.99. The smallest absolute Gasteiger partial charge is 0.0172 e. The Labute approximate surface area is 93.4 Å². The van der Waals surface area contributed by atoms with Gasteiger partial charge in [0.1, 0.15) is 0 Å². The summed E-state index contributed by atoms with van der Waals surface area (Å²) in [6.07, 6.45) is 8.25. The quantitative estimate of drug-likeness (QED) is 0.728. The summed E-state index contributed by atoms with van der Waals surface area (Å²) in [5.74, 6) is 1.39. The molecule has 2 unspecified atom stereocenters. The summed E-state index contributed by atoms with van der Waals surface area (Å²) in [5.41, 5.74) is 0. The first-order valence-electron chi connectivity index (χ1n) is 6.21. The Morgan fingerprint density at radius 1 is 1.36 bits per heavy atom. The van der Waals surface area contributed by atoms with E-state index >= 15 is 0 Å². The molecular formula is C12H25NS. The molecule has 0 aromatic carbocycles. The highest BCUT2D eigenvalue weighted by Crippen LogP contribution is 2.24. The fourth-order valence-electron chi connectivity index (χ4n) is 2.07. The lowest BCUT2D eigenvalue weighted by molar-refractivity contribution is 0.454. The van der Waals surface area contributed by atoms with Gasteiger partial charge in [0.15, 0.2) is 0 Å². The van der Waals surface area contributed by atoms with Crippen LogP contribution < -0.4 is 5.32 Å². The molecule has 1 rings (SSSR count). The van der Waals surface area contributed by atoms with Crippen molar-refractivity contribution in [3.63, 3.8) is 0 Å². The minimum atomic E-state index is 0.766. The summed E-state index contributed by atoms with van der Waals surface area (Å²) in [7, 11) is 0. The van der Waals surface area contributed by atoms with Gasteiger partial charge in [-0.25, -0.2) is 0 Å². The lowest BCUT2D eigenvalue weighted by atomic mass is 10.1. The Balaban J connectivity index is 2.10. The maximum atomic E-state index is 3.72. The van der Waals surface area contributed by atoms with E-state index in [0.29, 0.717) is 0 Å². The molecule has 0 aliphatic carbocycles. The van der Waals surface area contributed by atoms with Crippen LogP contribution in [0.1, 0.15) is 52.4 Å². The van der Waals surface area contributed by atoms with Gasteiger partial charge < -0.3 is 5.32 Å². The molecule has 1 N–H and O–H groups in total. The molecule has 1 heterocycles. The third kappa shape index (κ3) is 4.70. The summed E-state index contributed by atoms with van der Waals surface area (Å²) in [5, 5.41) is 4.62. The predicted molar refractivity (Wildman–Crippen MR) is 67.1 cm³/mol. The SMILES string of the molecule is CCCC(CC)NCC1CCCCS1. The zero-order valence-corrected chi connectivity index (χ0v) is 10.5. The van der Waals surface area contributed by atoms with Crippen LogP contribution in [0.25, 0.3) is 0 Å². The first-order valence-corrected chi connectivity index (χ1v) is 7.26. The van der Waals surface area contributed by atoms with Gasteiger partial charge in [0, 0.05) is 17.8 Å². The molecule has 1 fully saturated rings. The van der Waals surface area contributed by atoms with Crippen LogP contribution in [0.4, 0.5) is 0 Å². The molecule has 1 aliphatic rings. The van der Waals surface area contributed by atoms with Crippen molar-refractivity contribution in [2.24, 2.45) is 0 Å². The molecule has 1 nitrogen and oxygen atoms in total. The van der Waals surface area contributed by atoms with E-state index in [0.717, 1.165) is 11.3 Å². The highest BCUT2D eigenvalue weighted by atomic mass is 32.2. The van der Waals surface area contributed by atoms with Crippen LogP contribution in [0.5, 0.6) is 0 Å². The standard InChI is InChI=1S/C12H25NS/c1-3-7-11(4-2)13-10-12-8-5-6-9-14-12/h11-13H,3-10H2,1-2H3. The van der Waals surface area contributed by atoms with Crippen LogP contribution >= 0.6 is 11.8 Å². The number of hydrogen-bond acceptors (Lipinski definition) is 2. The highest BCUT2D eigenvalue weighted by Gasteiger charge is 2.14. The normalized spacial score (nSPS) is 24.9. The molecule has 0 radical (unpaired) electrons. The van der Waals surface area contributed by atoms with Gasteiger partial charge in [0.25, 0.3) is 0 Å². The van der Waals surface area contributed by atoms with Gasteiger partial charge in [-0.1, -0.05) is 26.7 Å². The number of hydrogen-bond donors (Lipinski definition) is 1. The van der Waals surface area contributed by atoms with E-state index in [-0.39, 0.29) is 0 Å². The van der Waals surface area contributed by atoms with Crippen molar-refractivity contribution >= 4 is 11.8 Å². The molecule has 0 aromatic rings. The average molecular weight is 215 g/mol. The summed E-state index contributed by atoms with van der Waals surface area (Å²) >= 11 is 2.17. The zero-order chi connectivity index (χ0) is 10.2. The van der Waals surface area contributed by atoms with E-state index in [1.165, 1.54) is 50.8 Å². The fraction of sp³-hybridized carbons (Fsp3) is 1.00. The van der Waals surface area contributed by atoms with E-state index in [9.17, 15) is 0 Å². The Morgan fingerprint density at radius 2 is 2.21 bits per heavy atom. The summed E-state index contributed by atoms with van der Waals surface area (Å²) in [6, 6.07) is 0.766. The first kappa shape index (κ1) is 12.4. The van der Waals surface area contributed by atoms with E-state index < -0.39 is 0 Å². The number of nitrogens with one attached hydrogen (secondary N) is 1. The van der Waals surface area contributed by atoms with Gasteiger partial charge in [0.05, 0.1) is 0 Å². The van der Waals surface area contributed by atoms with Crippen molar-refractivity contribution in [2.75, 3.05) is 12.3 Å². The molecule has 2 atom stereocenters. The Morgan fingerprint density at radius 3 is 2.79 bits per heavy atom. The minimum absolute atomic E-state index is 0.766. The lowest BCUT2D eigenvalue weighted by Crippen LogP contribution is -2.34. The van der Waals surface area contributed by atoms with Crippen molar-refractivity contribution < 1.29 is 0 Å². The molecule has 0 amide bonds. The van der Waals surface area contributed by atoms with Crippen LogP contribution in [-0.2, 0) is 0 Å². The van der Waals surface area contributed by atoms with Crippen molar-refractivity contribution in [1.82, 2.24) is 5.32 Å². The molecule has 0 bridgehead atoms. The van der Waals surface area contributed by atoms with Gasteiger partial charge in [0.2, 0.25) is 0 Å². The van der Waals surface area contributed by atoms with Crippen LogP contribution in [0, 0.1) is 0 Å². The largest absolute Gasteiger partial charge is 0.313 e. The Bertz CT molecular complexity index is 128. The van der Waals surface area contributed by atoms with Gasteiger partial charge in [-0.05, 0) is 31.4 Å². The monoisotopic (exact) mass is 215 g/mol. The maximum Gasteiger partial charge on any atom is 0.0172 e. The van der Waals surface area contributed by atoms with Crippen LogP contribution in [0.3, 0.4) is 0 Å². The second-order valence-corrected chi connectivity index (χ2v) is 5.70. The van der Waals surface area contributed by atoms with Gasteiger partial charge in [-0.3, -0.25) is 0 Å². The lowest BCUT2D eigenvalue weighted by Gasteiger charge is -2.24. The number of rotatable bonds is 6. The van der Waals surface area contributed by atoms with E-state index in [4.69, 9.17) is 0 Å². The molecule has 84 valence electrons. The second kappa shape index (κ2) is 7.58. The van der Waals surface area contributed by atoms with E-state index in [1.54, 1.807) is 0 Å². The second-order valence-electron chi connectivity index (χ2n) is 4.29. The molecule has 0 aromatic heterocycles. The summed E-state index contributed by atoms with van der Waals surface area (Å²) < 4.78 is 0. The molecular weight excluding hydrogens is 190 g/mol. The van der Waals surface area contributed by atoms with E-state index in [1.807, 2.05) is 0 Å². The first-order chi connectivity index (χ1) is 6.86. The van der Waals surface area contributed by atoms with Crippen LogP contribution in [-0.4, -0.2) is 23.6 Å². The Hall–Kier alpha value is 0.310. The van der Waals surface area contributed by atoms with Crippen molar-refractivity contribution in [1.29, 1.82) is 0 Å². The van der Waals surface area contributed by atoms with E-state index in [2.05, 4.69) is 30.9 Å². The predicted octanol–water partition coefficient (Wildman–Crippen LogP) is 3.44. The molecule has 1 aliphatic heterocycles. The molecule has 2 heteroatoms. The summed E-state index contributed by atoms with van der Waals surface area (Å²) in [6.45, 7) is 5.81. The third-order valence-electron chi connectivity index (χ3n) is 3.04. The fourth-order valence-corrected chi connectivity index (χ4v) is 3.32. The van der Waals surface area contributed by atoms with Gasteiger partial charge >= 0.3 is 0 Å². The Kier molecular flexibility index (Phi) is 6.70. The average Bonchev–Trinajstić information content (AvgIpc) is 2.25. The number of thioether (sulfide) groups is 1. The van der Waals surface area contributed by atoms with Crippen molar-refractivity contribution in [2.45, 2.75) is 63.7 Å². The molecule has 0 spiro atoms. The van der Waals surface area contributed by atoms with Crippen LogP contribution in [0.2, 0.25) is 0 Å². The molecule has 14 heavy (non-hydrogen) atoms. The van der Waals surface area contributed by atoms with Crippen molar-refractivity contribution in [3.05, 3.63) is 0 Å². The topological polar surface area (TPSA) is 12.0 Å². The maximum absolute atomic E-state index is 3.72. The minimum Gasteiger partial charge on any atom is -0.313 e. The summed E-state index contributed by atoms with van der Waals surface area (Å²) in [4.78, 5) is 0. The zero-order valence-electron chi connectivity index (χ0n) is 9.72.